The summed E-state index contributed by atoms with van der Waals surface area (Å²) in [5, 5.41) is 9.05. The molecule has 8 heteroatoms. The molecule has 8 nitrogen and oxygen atoms in total. The number of aryl methyl sites for hydroxylation is 3. The maximum absolute atomic E-state index is 13.3. The second kappa shape index (κ2) is 8.78. The smallest absolute Gasteiger partial charge is 0.259 e. The fraction of sp³-hybridized carbons (Fsp3) is 0.360. The van der Waals surface area contributed by atoms with Gasteiger partial charge in [0.05, 0.1) is 17.6 Å². The SMILES string of the molecule is CCn1cc(CN2CCN(C(=O)c3cnn4c(-c5ccc(C)cc5)ccnc34)CC2)c(C)n1. The first-order chi connectivity index (χ1) is 16.0. The molecular weight excluding hydrogens is 414 g/mol. The summed E-state index contributed by atoms with van der Waals surface area (Å²) >= 11 is 0. The van der Waals surface area contributed by atoms with Crippen molar-refractivity contribution in [1.29, 1.82) is 0 Å². The number of benzene rings is 1. The van der Waals surface area contributed by atoms with E-state index in [-0.39, 0.29) is 5.91 Å². The largest absolute Gasteiger partial charge is 0.336 e. The number of rotatable bonds is 5. The van der Waals surface area contributed by atoms with Crippen LogP contribution in [0.4, 0.5) is 0 Å². The number of carbonyl (C=O) groups is 1. The fourth-order valence-corrected chi connectivity index (χ4v) is 4.38. The Morgan fingerprint density at radius 1 is 1.03 bits per heavy atom. The summed E-state index contributed by atoms with van der Waals surface area (Å²) in [5.41, 5.74) is 6.66. The number of hydrogen-bond donors (Lipinski definition) is 0. The molecule has 0 aliphatic carbocycles. The van der Waals surface area contributed by atoms with Crippen LogP contribution < -0.4 is 0 Å². The highest BCUT2D eigenvalue weighted by Crippen LogP contribution is 2.22. The van der Waals surface area contributed by atoms with Crippen molar-refractivity contribution < 1.29 is 4.79 Å². The minimum absolute atomic E-state index is 0.00631. The molecule has 5 rings (SSSR count). The highest BCUT2D eigenvalue weighted by molar-refractivity contribution is 6.00. The quantitative estimate of drug-likeness (QED) is 0.474. The first-order valence-corrected chi connectivity index (χ1v) is 11.5. The van der Waals surface area contributed by atoms with Crippen molar-refractivity contribution in [1.82, 2.24) is 34.2 Å². The molecule has 33 heavy (non-hydrogen) atoms. The van der Waals surface area contributed by atoms with Crippen molar-refractivity contribution in [3.8, 4) is 11.3 Å². The molecule has 0 bridgehead atoms. The third kappa shape index (κ3) is 4.14. The normalized spacial score (nSPS) is 14.8. The molecule has 3 aromatic heterocycles. The number of aromatic nitrogens is 5. The Kier molecular flexibility index (Phi) is 5.68. The summed E-state index contributed by atoms with van der Waals surface area (Å²) in [6.07, 6.45) is 5.53. The average molecular weight is 444 g/mol. The van der Waals surface area contributed by atoms with Crippen LogP contribution in [0.15, 0.2) is 48.9 Å². The molecule has 1 aliphatic rings. The van der Waals surface area contributed by atoms with Gasteiger partial charge in [0.25, 0.3) is 5.91 Å². The van der Waals surface area contributed by atoms with Crippen molar-refractivity contribution in [2.75, 3.05) is 26.2 Å². The predicted molar refractivity (Wildman–Crippen MR) is 127 cm³/mol. The zero-order chi connectivity index (χ0) is 22.9. The predicted octanol–water partition coefficient (Wildman–Crippen LogP) is 3.19. The van der Waals surface area contributed by atoms with Gasteiger partial charge in [-0.25, -0.2) is 9.50 Å². The summed E-state index contributed by atoms with van der Waals surface area (Å²) < 4.78 is 3.75. The van der Waals surface area contributed by atoms with Gasteiger partial charge in [0, 0.05) is 62.8 Å². The number of fused-ring (bicyclic) bond motifs is 1. The highest BCUT2D eigenvalue weighted by atomic mass is 16.2. The van der Waals surface area contributed by atoms with Crippen LogP contribution in [0.5, 0.6) is 0 Å². The first kappa shape index (κ1) is 21.3. The molecular formula is C25H29N7O. The van der Waals surface area contributed by atoms with E-state index in [4.69, 9.17) is 0 Å². The van der Waals surface area contributed by atoms with Crippen LogP contribution in [0, 0.1) is 13.8 Å². The van der Waals surface area contributed by atoms with E-state index in [2.05, 4.69) is 71.3 Å². The molecule has 0 atom stereocenters. The van der Waals surface area contributed by atoms with Gasteiger partial charge in [-0.3, -0.25) is 14.4 Å². The average Bonchev–Trinajstić information content (AvgIpc) is 3.43. The van der Waals surface area contributed by atoms with Crippen molar-refractivity contribution in [3.63, 3.8) is 0 Å². The van der Waals surface area contributed by atoms with Gasteiger partial charge in [-0.2, -0.15) is 10.2 Å². The zero-order valence-corrected chi connectivity index (χ0v) is 19.4. The Morgan fingerprint density at radius 2 is 1.79 bits per heavy atom. The molecule has 0 radical (unpaired) electrons. The van der Waals surface area contributed by atoms with E-state index >= 15 is 0 Å². The molecule has 1 aromatic carbocycles. The summed E-state index contributed by atoms with van der Waals surface area (Å²) in [6.45, 7) is 11.0. The standard InChI is InChI=1S/C25H29N7O/c1-4-31-17-21(19(3)28-31)16-29-11-13-30(14-12-29)25(33)22-15-27-32-23(9-10-26-24(22)32)20-7-5-18(2)6-8-20/h5-10,15,17H,4,11-14,16H2,1-3H3. The molecule has 1 amide bonds. The Morgan fingerprint density at radius 3 is 2.48 bits per heavy atom. The van der Waals surface area contributed by atoms with Crippen LogP contribution in [0.3, 0.4) is 0 Å². The lowest BCUT2D eigenvalue weighted by atomic mass is 10.1. The van der Waals surface area contributed by atoms with Crippen molar-refractivity contribution >= 4 is 11.6 Å². The minimum atomic E-state index is -0.00631. The van der Waals surface area contributed by atoms with E-state index in [1.165, 1.54) is 11.1 Å². The molecule has 170 valence electrons. The molecule has 0 N–H and O–H groups in total. The van der Waals surface area contributed by atoms with Gasteiger partial charge in [-0.1, -0.05) is 29.8 Å². The Bertz CT molecular complexity index is 1280. The second-order valence-corrected chi connectivity index (χ2v) is 8.65. The van der Waals surface area contributed by atoms with Crippen LogP contribution in [0.2, 0.25) is 0 Å². The molecule has 1 saturated heterocycles. The Labute approximate surface area is 193 Å². The lowest BCUT2D eigenvalue weighted by Crippen LogP contribution is -2.48. The highest BCUT2D eigenvalue weighted by Gasteiger charge is 2.26. The number of hydrogen-bond acceptors (Lipinski definition) is 5. The number of carbonyl (C=O) groups excluding carboxylic acids is 1. The van der Waals surface area contributed by atoms with Gasteiger partial charge in [-0.15, -0.1) is 0 Å². The maximum atomic E-state index is 13.3. The fourth-order valence-electron chi connectivity index (χ4n) is 4.38. The minimum Gasteiger partial charge on any atom is -0.336 e. The third-order valence-corrected chi connectivity index (χ3v) is 6.40. The number of amides is 1. The van der Waals surface area contributed by atoms with Crippen LogP contribution in [-0.2, 0) is 13.1 Å². The van der Waals surface area contributed by atoms with Gasteiger partial charge >= 0.3 is 0 Å². The summed E-state index contributed by atoms with van der Waals surface area (Å²) in [4.78, 5) is 22.1. The van der Waals surface area contributed by atoms with Crippen LogP contribution in [-0.4, -0.2) is 66.3 Å². The Balaban J connectivity index is 1.30. The molecule has 0 saturated carbocycles. The van der Waals surface area contributed by atoms with Crippen molar-refractivity contribution in [2.24, 2.45) is 0 Å². The van der Waals surface area contributed by atoms with E-state index < -0.39 is 0 Å². The van der Waals surface area contributed by atoms with Gasteiger partial charge in [-0.05, 0) is 26.8 Å². The van der Waals surface area contributed by atoms with Crippen molar-refractivity contribution in [3.05, 3.63) is 71.3 Å². The van der Waals surface area contributed by atoms with Crippen LogP contribution >= 0.6 is 0 Å². The summed E-state index contributed by atoms with van der Waals surface area (Å²) in [5.74, 6) is -0.00631. The third-order valence-electron chi connectivity index (χ3n) is 6.40. The second-order valence-electron chi connectivity index (χ2n) is 8.65. The van der Waals surface area contributed by atoms with E-state index in [9.17, 15) is 4.79 Å². The molecule has 4 heterocycles. The van der Waals surface area contributed by atoms with Crippen LogP contribution in [0.1, 0.15) is 34.1 Å². The molecule has 0 unspecified atom stereocenters. The monoisotopic (exact) mass is 443 g/mol. The molecule has 1 fully saturated rings. The zero-order valence-electron chi connectivity index (χ0n) is 19.4. The number of piperazine rings is 1. The lowest BCUT2D eigenvalue weighted by Gasteiger charge is -2.34. The van der Waals surface area contributed by atoms with Gasteiger partial charge in [0.15, 0.2) is 5.65 Å². The maximum Gasteiger partial charge on any atom is 0.259 e. The van der Waals surface area contributed by atoms with E-state index in [0.29, 0.717) is 24.3 Å². The molecule has 0 spiro atoms. The van der Waals surface area contributed by atoms with Gasteiger partial charge in [0.2, 0.25) is 0 Å². The summed E-state index contributed by atoms with van der Waals surface area (Å²) in [6, 6.07) is 10.2. The summed E-state index contributed by atoms with van der Waals surface area (Å²) in [7, 11) is 0. The number of nitrogens with zero attached hydrogens (tertiary/aromatic N) is 7. The topological polar surface area (TPSA) is 71.6 Å². The first-order valence-electron chi connectivity index (χ1n) is 11.5. The Hall–Kier alpha value is -3.52. The van der Waals surface area contributed by atoms with Gasteiger partial charge in [0.1, 0.15) is 5.56 Å². The van der Waals surface area contributed by atoms with Crippen molar-refractivity contribution in [2.45, 2.75) is 33.9 Å². The lowest BCUT2D eigenvalue weighted by molar-refractivity contribution is 0.0630. The van der Waals surface area contributed by atoms with Gasteiger partial charge < -0.3 is 4.90 Å². The molecule has 4 aromatic rings. The van der Waals surface area contributed by atoms with E-state index in [0.717, 1.165) is 43.1 Å². The molecule has 1 aliphatic heterocycles. The van der Waals surface area contributed by atoms with E-state index in [1.54, 1.807) is 16.9 Å². The van der Waals surface area contributed by atoms with Crippen LogP contribution in [0.25, 0.3) is 16.9 Å². The van der Waals surface area contributed by atoms with E-state index in [1.807, 2.05) is 15.6 Å².